The number of ether oxygens (including phenoxy) is 2. The summed E-state index contributed by atoms with van der Waals surface area (Å²) in [6.45, 7) is 7.19. The summed E-state index contributed by atoms with van der Waals surface area (Å²) in [4.78, 5) is 15.9. The van der Waals surface area contributed by atoms with Crippen LogP contribution in [0.3, 0.4) is 0 Å². The molecule has 0 saturated heterocycles. The molecule has 0 aliphatic heterocycles. The Labute approximate surface area is 190 Å². The van der Waals surface area contributed by atoms with Crippen LogP contribution in [-0.2, 0) is 18.9 Å². The lowest BCUT2D eigenvalue weighted by atomic mass is 10.1. The highest BCUT2D eigenvalue weighted by molar-refractivity contribution is 7.98. The van der Waals surface area contributed by atoms with Gasteiger partial charge in [0.15, 0.2) is 16.4 Å². The molecular weight excluding hydrogens is 424 g/mol. The number of rotatable bonds is 8. The lowest BCUT2D eigenvalue weighted by molar-refractivity contribution is 0.286. The largest absolute Gasteiger partial charge is 0.495 e. The van der Waals surface area contributed by atoms with Gasteiger partial charge in [0.25, 0.3) is 0 Å². The molecule has 166 valence electrons. The van der Waals surface area contributed by atoms with Crippen molar-refractivity contribution in [2.75, 3.05) is 7.11 Å². The van der Waals surface area contributed by atoms with E-state index in [2.05, 4.69) is 34.2 Å². The third-order valence-electron chi connectivity index (χ3n) is 5.27. The van der Waals surface area contributed by atoms with Crippen LogP contribution in [-0.4, -0.2) is 26.9 Å². The molecule has 0 amide bonds. The first-order chi connectivity index (χ1) is 15.5. The van der Waals surface area contributed by atoms with E-state index in [-0.39, 0.29) is 5.43 Å². The van der Waals surface area contributed by atoms with Crippen LogP contribution in [0.15, 0.2) is 52.4 Å². The average Bonchev–Trinajstić information content (AvgIpc) is 3.19. The van der Waals surface area contributed by atoms with Gasteiger partial charge in [-0.25, -0.2) is 0 Å². The number of nitrogens with zero attached hydrogens (tertiary/aromatic N) is 3. The highest BCUT2D eigenvalue weighted by Crippen LogP contribution is 2.26. The quantitative estimate of drug-likeness (QED) is 0.394. The van der Waals surface area contributed by atoms with Gasteiger partial charge in [0, 0.05) is 29.4 Å². The second-order valence-electron chi connectivity index (χ2n) is 7.53. The zero-order valence-electron chi connectivity index (χ0n) is 18.6. The molecule has 0 atom stereocenters. The predicted molar refractivity (Wildman–Crippen MR) is 127 cm³/mol. The lowest BCUT2D eigenvalue weighted by Gasteiger charge is -2.11. The number of H-pyrrole nitrogens is 1. The molecule has 2 heterocycles. The third-order valence-corrected chi connectivity index (χ3v) is 6.28. The van der Waals surface area contributed by atoms with Crippen LogP contribution in [0.4, 0.5) is 0 Å². The molecule has 0 unspecified atom stereocenters. The number of aromatic nitrogens is 4. The van der Waals surface area contributed by atoms with Gasteiger partial charge in [-0.3, -0.25) is 4.79 Å². The summed E-state index contributed by atoms with van der Waals surface area (Å²) < 4.78 is 13.5. The fraction of sp³-hybridized carbons (Fsp3) is 0.292. The summed E-state index contributed by atoms with van der Waals surface area (Å²) in [7, 11) is 1.60. The molecule has 0 aliphatic rings. The fourth-order valence-corrected chi connectivity index (χ4v) is 4.47. The molecule has 0 bridgehead atoms. The molecule has 0 saturated carbocycles. The van der Waals surface area contributed by atoms with Crippen molar-refractivity contribution in [1.82, 2.24) is 19.7 Å². The Morgan fingerprint density at radius 3 is 2.72 bits per heavy atom. The van der Waals surface area contributed by atoms with Crippen LogP contribution in [0.1, 0.15) is 29.6 Å². The second-order valence-corrected chi connectivity index (χ2v) is 8.47. The fourth-order valence-electron chi connectivity index (χ4n) is 3.54. The Bertz CT molecular complexity index is 1310. The molecule has 0 spiro atoms. The Morgan fingerprint density at radius 2 is 1.94 bits per heavy atom. The van der Waals surface area contributed by atoms with Crippen molar-refractivity contribution in [3.63, 3.8) is 0 Å². The number of nitrogens with one attached hydrogen (secondary N) is 1. The van der Waals surface area contributed by atoms with Crippen molar-refractivity contribution in [2.24, 2.45) is 0 Å². The zero-order chi connectivity index (χ0) is 22.7. The summed E-state index contributed by atoms with van der Waals surface area (Å²) in [6, 6.07) is 13.2. The summed E-state index contributed by atoms with van der Waals surface area (Å²) in [5.74, 6) is 2.82. The monoisotopic (exact) mass is 450 g/mol. The predicted octanol–water partition coefficient (Wildman–Crippen LogP) is 4.64. The van der Waals surface area contributed by atoms with Crippen LogP contribution in [0, 0.1) is 13.8 Å². The molecule has 2 aromatic heterocycles. The van der Waals surface area contributed by atoms with Crippen molar-refractivity contribution in [2.45, 2.75) is 44.8 Å². The maximum absolute atomic E-state index is 12.5. The minimum Gasteiger partial charge on any atom is -0.495 e. The summed E-state index contributed by atoms with van der Waals surface area (Å²) in [5, 5.41) is 10.1. The molecule has 0 fully saturated rings. The molecule has 7 nitrogen and oxygen atoms in total. The second kappa shape index (κ2) is 9.48. The number of thioether (sulfide) groups is 1. The first-order valence-corrected chi connectivity index (χ1v) is 11.4. The molecule has 4 aromatic rings. The van der Waals surface area contributed by atoms with Crippen LogP contribution in [0.5, 0.6) is 11.5 Å². The van der Waals surface area contributed by atoms with Crippen molar-refractivity contribution in [3.05, 3.63) is 75.3 Å². The molecule has 32 heavy (non-hydrogen) atoms. The minimum absolute atomic E-state index is 0.0344. The Morgan fingerprint density at radius 1 is 1.09 bits per heavy atom. The molecular formula is C24H26N4O3S. The molecule has 4 rings (SSSR count). The first kappa shape index (κ1) is 22.0. The number of para-hydroxylation sites is 1. The van der Waals surface area contributed by atoms with E-state index in [0.29, 0.717) is 29.0 Å². The number of aryl methyl sites for hydroxylation is 2. The van der Waals surface area contributed by atoms with Gasteiger partial charge in [-0.15, -0.1) is 10.2 Å². The molecule has 8 heteroatoms. The SMILES string of the molecule is CCn1c(COc2cc(C)ccc2C)nnc1SCc1cc(=O)c2cccc(OC)c2[nH]1. The number of aromatic amines is 1. The van der Waals surface area contributed by atoms with Crippen molar-refractivity contribution in [3.8, 4) is 11.5 Å². The first-order valence-electron chi connectivity index (χ1n) is 10.4. The third kappa shape index (κ3) is 4.50. The van der Waals surface area contributed by atoms with Gasteiger partial charge in [-0.05, 0) is 50.1 Å². The van der Waals surface area contributed by atoms with E-state index in [4.69, 9.17) is 9.47 Å². The summed E-state index contributed by atoms with van der Waals surface area (Å²) >= 11 is 1.53. The van der Waals surface area contributed by atoms with E-state index in [0.717, 1.165) is 40.1 Å². The van der Waals surface area contributed by atoms with E-state index in [1.54, 1.807) is 19.2 Å². The standard InChI is InChI=1S/C24H26N4O3S/c1-5-28-22(13-31-21-11-15(2)9-10-16(21)3)26-27-24(28)32-14-17-12-19(29)18-7-6-8-20(30-4)23(18)25-17/h6-12H,5,13-14H2,1-4H3,(H,25,29). The topological polar surface area (TPSA) is 82.0 Å². The number of methoxy groups -OCH3 is 1. The van der Waals surface area contributed by atoms with Gasteiger partial charge in [0.1, 0.15) is 18.1 Å². The van der Waals surface area contributed by atoms with E-state index in [1.165, 1.54) is 11.8 Å². The maximum atomic E-state index is 12.5. The van der Waals surface area contributed by atoms with Gasteiger partial charge >= 0.3 is 0 Å². The number of hydrogen-bond acceptors (Lipinski definition) is 6. The van der Waals surface area contributed by atoms with Gasteiger partial charge in [-0.1, -0.05) is 30.0 Å². The molecule has 2 aromatic carbocycles. The summed E-state index contributed by atoms with van der Waals surface area (Å²) in [6.07, 6.45) is 0. The van der Waals surface area contributed by atoms with Crippen LogP contribution in [0.2, 0.25) is 0 Å². The van der Waals surface area contributed by atoms with Crippen molar-refractivity contribution >= 4 is 22.7 Å². The van der Waals surface area contributed by atoms with Gasteiger partial charge in [0.05, 0.1) is 12.6 Å². The van der Waals surface area contributed by atoms with Crippen LogP contribution in [0.25, 0.3) is 10.9 Å². The Hall–Kier alpha value is -3.26. The number of fused-ring (bicyclic) bond motifs is 1. The van der Waals surface area contributed by atoms with E-state index >= 15 is 0 Å². The Balaban J connectivity index is 1.51. The van der Waals surface area contributed by atoms with Gasteiger partial charge in [-0.2, -0.15) is 0 Å². The minimum atomic E-state index is -0.0344. The molecule has 1 N–H and O–H groups in total. The highest BCUT2D eigenvalue weighted by atomic mass is 32.2. The van der Waals surface area contributed by atoms with Crippen LogP contribution < -0.4 is 14.9 Å². The zero-order valence-corrected chi connectivity index (χ0v) is 19.5. The number of pyridine rings is 1. The number of benzene rings is 2. The smallest absolute Gasteiger partial charge is 0.191 e. The maximum Gasteiger partial charge on any atom is 0.191 e. The highest BCUT2D eigenvalue weighted by Gasteiger charge is 2.14. The van der Waals surface area contributed by atoms with E-state index in [1.807, 2.05) is 36.6 Å². The average molecular weight is 451 g/mol. The normalized spacial score (nSPS) is 11.1. The van der Waals surface area contributed by atoms with E-state index < -0.39 is 0 Å². The van der Waals surface area contributed by atoms with Crippen molar-refractivity contribution < 1.29 is 9.47 Å². The van der Waals surface area contributed by atoms with Crippen LogP contribution >= 0.6 is 11.8 Å². The summed E-state index contributed by atoms with van der Waals surface area (Å²) in [5.41, 5.74) is 3.71. The molecule has 0 radical (unpaired) electrons. The van der Waals surface area contributed by atoms with E-state index in [9.17, 15) is 4.79 Å². The Kier molecular flexibility index (Phi) is 6.50. The lowest BCUT2D eigenvalue weighted by Crippen LogP contribution is -2.08. The van der Waals surface area contributed by atoms with Gasteiger partial charge in [0.2, 0.25) is 0 Å². The molecule has 0 aliphatic carbocycles. The number of hydrogen-bond donors (Lipinski definition) is 1. The van der Waals surface area contributed by atoms with Crippen molar-refractivity contribution in [1.29, 1.82) is 0 Å². The van der Waals surface area contributed by atoms with Gasteiger partial charge < -0.3 is 19.0 Å².